The molecule has 1 atom stereocenters. The Morgan fingerprint density at radius 1 is 1.19 bits per heavy atom. The lowest BCUT2D eigenvalue weighted by Crippen LogP contribution is -2.38. The smallest absolute Gasteiger partial charge is 0.336 e. The average Bonchev–Trinajstić information content (AvgIpc) is 2.60. The number of fused-ring (bicyclic) bond motifs is 1. The largest absolute Gasteiger partial charge is 0.507 e. The Bertz CT molecular complexity index is 1000. The maximum Gasteiger partial charge on any atom is 0.336 e. The lowest BCUT2D eigenvalue weighted by molar-refractivity contribution is -0.139. The van der Waals surface area contributed by atoms with Crippen LogP contribution >= 0.6 is 12.4 Å². The van der Waals surface area contributed by atoms with Gasteiger partial charge >= 0.3 is 11.6 Å². The molecule has 3 N–H and O–H groups in total. The number of halogens is 1. The summed E-state index contributed by atoms with van der Waals surface area (Å²) in [6.45, 7) is 1.84. The maximum absolute atomic E-state index is 11.7. The summed E-state index contributed by atoms with van der Waals surface area (Å²) in [5.41, 5.74) is 1.74. The zero-order valence-electron chi connectivity index (χ0n) is 14.6. The number of rotatable bonds is 6. The van der Waals surface area contributed by atoms with Crippen LogP contribution in [0.1, 0.15) is 16.7 Å². The van der Waals surface area contributed by atoms with Crippen LogP contribution < -0.4 is 10.9 Å². The fraction of sp³-hybridized carbons (Fsp3) is 0.200. The molecule has 1 heterocycles. The third-order valence-electron chi connectivity index (χ3n) is 4.30. The first-order chi connectivity index (χ1) is 12.5. The van der Waals surface area contributed by atoms with Crippen molar-refractivity contribution < 1.29 is 19.4 Å². The van der Waals surface area contributed by atoms with E-state index in [9.17, 15) is 19.8 Å². The second-order valence-electron chi connectivity index (χ2n) is 6.15. The lowest BCUT2D eigenvalue weighted by Gasteiger charge is -2.16. The van der Waals surface area contributed by atoms with Crippen molar-refractivity contribution >= 4 is 29.3 Å². The van der Waals surface area contributed by atoms with Gasteiger partial charge in [0.25, 0.3) is 0 Å². The van der Waals surface area contributed by atoms with Crippen LogP contribution in [-0.4, -0.2) is 22.2 Å². The van der Waals surface area contributed by atoms with Crippen molar-refractivity contribution in [1.82, 2.24) is 5.32 Å². The minimum absolute atomic E-state index is 0. The molecular weight excluding hydrogens is 370 g/mol. The molecule has 0 saturated heterocycles. The predicted octanol–water partition coefficient (Wildman–Crippen LogP) is 3.01. The van der Waals surface area contributed by atoms with Gasteiger partial charge in [0.15, 0.2) is 0 Å². The molecule has 0 saturated carbocycles. The van der Waals surface area contributed by atoms with Crippen molar-refractivity contribution in [2.24, 2.45) is 0 Å². The molecule has 0 bridgehead atoms. The highest BCUT2D eigenvalue weighted by Gasteiger charge is 2.19. The molecule has 6 nitrogen and oxygen atoms in total. The van der Waals surface area contributed by atoms with Crippen LogP contribution in [-0.2, 0) is 17.8 Å². The molecule has 0 radical (unpaired) electrons. The molecule has 1 aromatic heterocycles. The van der Waals surface area contributed by atoms with E-state index < -0.39 is 17.6 Å². The van der Waals surface area contributed by atoms with Crippen LogP contribution in [0.5, 0.6) is 5.75 Å². The van der Waals surface area contributed by atoms with E-state index in [1.807, 2.05) is 30.3 Å². The zero-order chi connectivity index (χ0) is 18.7. The molecule has 7 heteroatoms. The van der Waals surface area contributed by atoms with Crippen LogP contribution in [0.3, 0.4) is 0 Å². The van der Waals surface area contributed by atoms with E-state index in [2.05, 4.69) is 5.32 Å². The van der Waals surface area contributed by atoms with E-state index in [4.69, 9.17) is 4.42 Å². The molecule has 0 amide bonds. The van der Waals surface area contributed by atoms with Gasteiger partial charge in [0, 0.05) is 18.0 Å². The first-order valence-electron chi connectivity index (χ1n) is 8.21. The summed E-state index contributed by atoms with van der Waals surface area (Å²) in [5, 5.41) is 23.3. The van der Waals surface area contributed by atoms with Crippen molar-refractivity contribution in [3.63, 3.8) is 0 Å². The number of carboxylic acid groups (broad SMARTS) is 1. The summed E-state index contributed by atoms with van der Waals surface area (Å²) in [6, 6.07) is 13.0. The summed E-state index contributed by atoms with van der Waals surface area (Å²) >= 11 is 0. The molecule has 2 aromatic carbocycles. The lowest BCUT2D eigenvalue weighted by atomic mass is 10.0. The van der Waals surface area contributed by atoms with Crippen molar-refractivity contribution in [3.05, 3.63) is 75.6 Å². The van der Waals surface area contributed by atoms with E-state index in [0.717, 1.165) is 11.1 Å². The van der Waals surface area contributed by atoms with Crippen LogP contribution in [0.25, 0.3) is 11.0 Å². The van der Waals surface area contributed by atoms with Gasteiger partial charge in [0.05, 0.1) is 5.56 Å². The van der Waals surface area contributed by atoms with E-state index in [1.54, 1.807) is 13.0 Å². The number of phenolic OH excluding ortho intramolecular Hbond substituents is 1. The Balaban J connectivity index is 0.00000261. The van der Waals surface area contributed by atoms with E-state index in [-0.39, 0.29) is 30.3 Å². The molecule has 0 fully saturated rings. The fourth-order valence-electron chi connectivity index (χ4n) is 2.92. The van der Waals surface area contributed by atoms with Crippen molar-refractivity contribution in [1.29, 1.82) is 0 Å². The Morgan fingerprint density at radius 3 is 2.56 bits per heavy atom. The van der Waals surface area contributed by atoms with Crippen LogP contribution in [0.2, 0.25) is 0 Å². The average molecular weight is 390 g/mol. The Morgan fingerprint density at radius 2 is 1.89 bits per heavy atom. The standard InChI is InChI=1S/C20H19NO5.ClH/c1-12-9-18(23)26-19-14(12)7-8-17(22)15(19)11-21-16(20(24)25)10-13-5-3-2-4-6-13;/h2-9,16,21-22H,10-11H2,1H3,(H,24,25);1H/t16-;/m1./s1. The maximum atomic E-state index is 11.7. The monoisotopic (exact) mass is 389 g/mol. The Kier molecular flexibility index (Phi) is 6.60. The quantitative estimate of drug-likeness (QED) is 0.560. The first kappa shape index (κ1) is 20.5. The van der Waals surface area contributed by atoms with Crippen LogP contribution in [0.15, 0.2) is 57.7 Å². The molecular formula is C20H20ClNO5. The summed E-state index contributed by atoms with van der Waals surface area (Å²) < 4.78 is 5.26. The van der Waals surface area contributed by atoms with Crippen LogP contribution in [0.4, 0.5) is 0 Å². The number of carboxylic acids is 1. The highest BCUT2D eigenvalue weighted by molar-refractivity contribution is 5.85. The van der Waals surface area contributed by atoms with Crippen LogP contribution in [0, 0.1) is 6.92 Å². The molecule has 0 spiro atoms. The van der Waals surface area contributed by atoms with Gasteiger partial charge < -0.3 is 14.6 Å². The molecule has 0 unspecified atom stereocenters. The minimum atomic E-state index is -0.994. The number of phenols is 1. The van der Waals surface area contributed by atoms with Crippen molar-refractivity contribution in [2.45, 2.75) is 25.9 Å². The van der Waals surface area contributed by atoms with Gasteiger partial charge in [-0.25, -0.2) is 4.79 Å². The Hall–Kier alpha value is -2.83. The summed E-state index contributed by atoms with van der Waals surface area (Å²) in [7, 11) is 0. The van der Waals surface area contributed by atoms with E-state index >= 15 is 0 Å². The van der Waals surface area contributed by atoms with Gasteiger partial charge in [-0.3, -0.25) is 10.1 Å². The third kappa shape index (κ3) is 4.67. The number of nitrogens with one attached hydrogen (secondary N) is 1. The second-order valence-corrected chi connectivity index (χ2v) is 6.15. The molecule has 3 rings (SSSR count). The topological polar surface area (TPSA) is 99.8 Å². The normalized spacial score (nSPS) is 11.7. The SMILES string of the molecule is Cc1cc(=O)oc2c(CN[C@H](Cc3ccccc3)C(=O)O)c(O)ccc12.Cl. The van der Waals surface area contributed by atoms with E-state index in [0.29, 0.717) is 17.4 Å². The number of aryl methyl sites for hydroxylation is 1. The number of aliphatic carboxylic acids is 1. The van der Waals surface area contributed by atoms with E-state index in [1.165, 1.54) is 12.1 Å². The van der Waals surface area contributed by atoms with Gasteiger partial charge in [-0.2, -0.15) is 0 Å². The Labute approximate surface area is 161 Å². The number of hydrogen-bond acceptors (Lipinski definition) is 5. The van der Waals surface area contributed by atoms with Gasteiger partial charge in [-0.05, 0) is 36.6 Å². The minimum Gasteiger partial charge on any atom is -0.507 e. The predicted molar refractivity (Wildman–Crippen MR) is 105 cm³/mol. The summed E-state index contributed by atoms with van der Waals surface area (Å²) in [6.07, 6.45) is 0.296. The second kappa shape index (κ2) is 8.70. The molecule has 0 aliphatic heterocycles. The molecule has 142 valence electrons. The van der Waals surface area contributed by atoms with Gasteiger partial charge in [0.2, 0.25) is 0 Å². The number of aromatic hydroxyl groups is 1. The number of carbonyl (C=O) groups is 1. The molecule has 3 aromatic rings. The number of hydrogen-bond donors (Lipinski definition) is 3. The summed E-state index contributed by atoms with van der Waals surface area (Å²) in [4.78, 5) is 23.3. The molecule has 27 heavy (non-hydrogen) atoms. The summed E-state index contributed by atoms with van der Waals surface area (Å²) in [5.74, 6) is -1.05. The van der Waals surface area contributed by atoms with Gasteiger partial charge in [-0.15, -0.1) is 12.4 Å². The van der Waals surface area contributed by atoms with Crippen molar-refractivity contribution in [2.75, 3.05) is 0 Å². The number of benzene rings is 2. The third-order valence-corrected chi connectivity index (χ3v) is 4.30. The first-order valence-corrected chi connectivity index (χ1v) is 8.21. The van der Waals surface area contributed by atoms with Gasteiger partial charge in [0.1, 0.15) is 17.4 Å². The van der Waals surface area contributed by atoms with Gasteiger partial charge in [-0.1, -0.05) is 30.3 Å². The fourth-order valence-corrected chi connectivity index (χ4v) is 2.92. The zero-order valence-corrected chi connectivity index (χ0v) is 15.5. The highest BCUT2D eigenvalue weighted by atomic mass is 35.5. The molecule has 0 aliphatic rings. The highest BCUT2D eigenvalue weighted by Crippen LogP contribution is 2.28. The van der Waals surface area contributed by atoms with Crippen molar-refractivity contribution in [3.8, 4) is 5.75 Å². The molecule has 0 aliphatic carbocycles.